The molecule has 0 spiro atoms. The molecule has 0 bridgehead atoms. The molecular formula is C14H24N4. The van der Waals surface area contributed by atoms with Crippen molar-refractivity contribution in [1.82, 2.24) is 10.2 Å². The molecule has 1 fully saturated rings. The summed E-state index contributed by atoms with van der Waals surface area (Å²) in [5, 5.41) is 8.82. The van der Waals surface area contributed by atoms with Gasteiger partial charge in [0.1, 0.15) is 0 Å². The molecule has 4 nitrogen and oxygen atoms in total. The van der Waals surface area contributed by atoms with Gasteiger partial charge in [-0.15, -0.1) is 5.10 Å². The maximum atomic E-state index is 5.95. The lowest BCUT2D eigenvalue weighted by Gasteiger charge is -2.36. The van der Waals surface area contributed by atoms with Crippen molar-refractivity contribution >= 4 is 5.82 Å². The van der Waals surface area contributed by atoms with E-state index in [-0.39, 0.29) is 0 Å². The van der Waals surface area contributed by atoms with Crippen LogP contribution in [-0.2, 0) is 19.4 Å². The molecule has 0 amide bonds. The zero-order chi connectivity index (χ0) is 13.1. The number of nitrogens with two attached hydrogens (primary N) is 1. The number of nitrogens with zero attached hydrogens (tertiary/aromatic N) is 3. The second-order valence-electron chi connectivity index (χ2n) is 5.03. The molecule has 18 heavy (non-hydrogen) atoms. The zero-order valence-electron chi connectivity index (χ0n) is 11.7. The van der Waals surface area contributed by atoms with E-state index in [4.69, 9.17) is 5.73 Å². The van der Waals surface area contributed by atoms with E-state index in [0.29, 0.717) is 12.6 Å². The summed E-state index contributed by atoms with van der Waals surface area (Å²) in [7, 11) is 2.12. The van der Waals surface area contributed by atoms with Crippen molar-refractivity contribution in [3.8, 4) is 0 Å². The van der Waals surface area contributed by atoms with E-state index >= 15 is 0 Å². The first kappa shape index (κ1) is 13.3. The molecule has 0 atom stereocenters. The van der Waals surface area contributed by atoms with E-state index in [1.807, 2.05) is 0 Å². The normalized spacial score (nSPS) is 15.6. The minimum absolute atomic E-state index is 0.554. The first-order chi connectivity index (χ1) is 8.72. The van der Waals surface area contributed by atoms with Gasteiger partial charge in [0.05, 0.1) is 5.69 Å². The SMILES string of the molecule is CCc1nnc(N(C)C2CCC2)c(CN)c1CC. The summed E-state index contributed by atoms with van der Waals surface area (Å²) >= 11 is 0. The maximum absolute atomic E-state index is 5.95. The molecule has 0 radical (unpaired) electrons. The molecule has 0 aliphatic heterocycles. The predicted octanol–water partition coefficient (Wildman–Crippen LogP) is 2.05. The highest BCUT2D eigenvalue weighted by atomic mass is 15.3. The average Bonchev–Trinajstić information content (AvgIpc) is 2.34. The van der Waals surface area contributed by atoms with Crippen LogP contribution in [0, 0.1) is 0 Å². The van der Waals surface area contributed by atoms with Crippen molar-refractivity contribution < 1.29 is 0 Å². The Morgan fingerprint density at radius 1 is 1.17 bits per heavy atom. The molecule has 1 aromatic rings. The van der Waals surface area contributed by atoms with Crippen LogP contribution >= 0.6 is 0 Å². The van der Waals surface area contributed by atoms with Crippen molar-refractivity contribution in [3.05, 3.63) is 16.8 Å². The summed E-state index contributed by atoms with van der Waals surface area (Å²) in [5.74, 6) is 0.997. The Hall–Kier alpha value is -1.16. The van der Waals surface area contributed by atoms with E-state index < -0.39 is 0 Å². The number of hydrogen-bond donors (Lipinski definition) is 1. The first-order valence-corrected chi connectivity index (χ1v) is 7.03. The summed E-state index contributed by atoms with van der Waals surface area (Å²) in [6.45, 7) is 4.85. The van der Waals surface area contributed by atoms with Crippen LogP contribution in [0.5, 0.6) is 0 Å². The number of aryl methyl sites for hydroxylation is 1. The minimum Gasteiger partial charge on any atom is -0.355 e. The molecule has 1 heterocycles. The van der Waals surface area contributed by atoms with Crippen LogP contribution in [0.3, 0.4) is 0 Å². The van der Waals surface area contributed by atoms with Crippen molar-refractivity contribution in [2.75, 3.05) is 11.9 Å². The van der Waals surface area contributed by atoms with Crippen LogP contribution in [0.25, 0.3) is 0 Å². The minimum atomic E-state index is 0.554. The van der Waals surface area contributed by atoms with Crippen LogP contribution in [-0.4, -0.2) is 23.3 Å². The van der Waals surface area contributed by atoms with Gasteiger partial charge in [-0.3, -0.25) is 0 Å². The van der Waals surface area contributed by atoms with Crippen molar-refractivity contribution in [2.45, 2.75) is 58.5 Å². The summed E-state index contributed by atoms with van der Waals surface area (Å²) in [6, 6.07) is 0.627. The van der Waals surface area contributed by atoms with Gasteiger partial charge in [-0.1, -0.05) is 13.8 Å². The summed E-state index contributed by atoms with van der Waals surface area (Å²) in [6.07, 6.45) is 5.76. The highest BCUT2D eigenvalue weighted by Gasteiger charge is 2.26. The Balaban J connectivity index is 2.40. The second kappa shape index (κ2) is 5.65. The fourth-order valence-electron chi connectivity index (χ4n) is 2.68. The Bertz CT molecular complexity index is 413. The molecule has 2 rings (SSSR count). The third-order valence-electron chi connectivity index (χ3n) is 4.10. The van der Waals surface area contributed by atoms with E-state index in [2.05, 4.69) is 36.0 Å². The van der Waals surface area contributed by atoms with Gasteiger partial charge in [0.15, 0.2) is 5.82 Å². The number of anilines is 1. The van der Waals surface area contributed by atoms with Crippen LogP contribution in [0.2, 0.25) is 0 Å². The quantitative estimate of drug-likeness (QED) is 0.866. The highest BCUT2D eigenvalue weighted by Crippen LogP contribution is 2.30. The van der Waals surface area contributed by atoms with Crippen LogP contribution in [0.15, 0.2) is 0 Å². The molecule has 0 saturated heterocycles. The number of aromatic nitrogens is 2. The monoisotopic (exact) mass is 248 g/mol. The molecule has 100 valence electrons. The van der Waals surface area contributed by atoms with Gasteiger partial charge in [-0.2, -0.15) is 5.10 Å². The number of rotatable bonds is 5. The third-order valence-corrected chi connectivity index (χ3v) is 4.10. The zero-order valence-corrected chi connectivity index (χ0v) is 11.7. The van der Waals surface area contributed by atoms with Gasteiger partial charge in [0.2, 0.25) is 0 Å². The molecule has 1 saturated carbocycles. The molecule has 2 N–H and O–H groups in total. The Morgan fingerprint density at radius 3 is 2.33 bits per heavy atom. The summed E-state index contributed by atoms with van der Waals surface area (Å²) in [4.78, 5) is 2.28. The Morgan fingerprint density at radius 2 is 1.89 bits per heavy atom. The van der Waals surface area contributed by atoms with Crippen LogP contribution in [0.4, 0.5) is 5.82 Å². The molecule has 4 heteroatoms. The molecule has 0 aromatic carbocycles. The van der Waals surface area contributed by atoms with Gasteiger partial charge in [0, 0.05) is 25.2 Å². The van der Waals surface area contributed by atoms with Crippen molar-refractivity contribution in [2.24, 2.45) is 5.73 Å². The Labute approximate surface area is 110 Å². The molecule has 0 unspecified atom stereocenters. The second-order valence-corrected chi connectivity index (χ2v) is 5.03. The van der Waals surface area contributed by atoms with Gasteiger partial charge >= 0.3 is 0 Å². The first-order valence-electron chi connectivity index (χ1n) is 7.03. The average molecular weight is 248 g/mol. The number of hydrogen-bond acceptors (Lipinski definition) is 4. The molecule has 1 aliphatic rings. The van der Waals surface area contributed by atoms with Gasteiger partial charge < -0.3 is 10.6 Å². The van der Waals surface area contributed by atoms with Gasteiger partial charge in [0.25, 0.3) is 0 Å². The lowest BCUT2D eigenvalue weighted by molar-refractivity contribution is 0.397. The van der Waals surface area contributed by atoms with Crippen LogP contribution < -0.4 is 10.6 Å². The van der Waals surface area contributed by atoms with Gasteiger partial charge in [-0.05, 0) is 37.7 Å². The van der Waals surface area contributed by atoms with Gasteiger partial charge in [-0.25, -0.2) is 0 Å². The van der Waals surface area contributed by atoms with Crippen molar-refractivity contribution in [3.63, 3.8) is 0 Å². The molecular weight excluding hydrogens is 224 g/mol. The lowest BCUT2D eigenvalue weighted by Crippen LogP contribution is -2.38. The third kappa shape index (κ3) is 2.21. The van der Waals surface area contributed by atoms with Crippen LogP contribution in [0.1, 0.15) is 49.9 Å². The van der Waals surface area contributed by atoms with E-state index in [1.54, 1.807) is 0 Å². The van der Waals surface area contributed by atoms with E-state index in [9.17, 15) is 0 Å². The highest BCUT2D eigenvalue weighted by molar-refractivity contribution is 5.51. The molecule has 1 aliphatic carbocycles. The van der Waals surface area contributed by atoms with Crippen molar-refractivity contribution in [1.29, 1.82) is 0 Å². The fraction of sp³-hybridized carbons (Fsp3) is 0.714. The predicted molar refractivity (Wildman–Crippen MR) is 74.7 cm³/mol. The largest absolute Gasteiger partial charge is 0.355 e. The van der Waals surface area contributed by atoms with E-state index in [0.717, 1.165) is 24.4 Å². The molecule has 1 aromatic heterocycles. The summed E-state index contributed by atoms with van der Waals surface area (Å²) in [5.41, 5.74) is 9.55. The topological polar surface area (TPSA) is 55.0 Å². The standard InChI is InChI=1S/C14H24N4/c1-4-11-12(9-15)14(17-16-13(11)5-2)18(3)10-7-6-8-10/h10H,4-9,15H2,1-3H3. The Kier molecular flexibility index (Phi) is 4.17. The smallest absolute Gasteiger partial charge is 0.156 e. The van der Waals surface area contributed by atoms with E-state index in [1.165, 1.54) is 30.4 Å². The fourth-order valence-corrected chi connectivity index (χ4v) is 2.68. The summed E-state index contributed by atoms with van der Waals surface area (Å²) < 4.78 is 0. The lowest BCUT2D eigenvalue weighted by atomic mass is 9.91. The maximum Gasteiger partial charge on any atom is 0.156 e.